The van der Waals surface area contributed by atoms with Crippen LogP contribution in [-0.4, -0.2) is 24.0 Å². The van der Waals surface area contributed by atoms with Crippen molar-refractivity contribution in [2.24, 2.45) is 0 Å². The van der Waals surface area contributed by atoms with Gasteiger partial charge in [0.2, 0.25) is 0 Å². The van der Waals surface area contributed by atoms with Crippen LogP contribution in [0.5, 0.6) is 5.75 Å². The largest absolute Gasteiger partial charge is 0.481 e. The number of amides is 1. The van der Waals surface area contributed by atoms with Gasteiger partial charge in [-0.2, -0.15) is 0 Å². The smallest absolute Gasteiger partial charge is 0.263 e. The van der Waals surface area contributed by atoms with E-state index in [1.807, 2.05) is 61.5 Å². The molecule has 2 aromatic carbocycles. The van der Waals surface area contributed by atoms with E-state index in [1.54, 1.807) is 18.9 Å². The molecule has 0 aliphatic rings. The zero-order chi connectivity index (χ0) is 16.1. The van der Waals surface area contributed by atoms with Gasteiger partial charge in [0.1, 0.15) is 5.75 Å². The molecule has 0 bridgehead atoms. The molecule has 0 saturated heterocycles. The van der Waals surface area contributed by atoms with Crippen molar-refractivity contribution in [3.05, 3.63) is 64.6 Å². The molecule has 0 N–H and O–H groups in total. The van der Waals surface area contributed by atoms with E-state index in [-0.39, 0.29) is 11.9 Å². The van der Waals surface area contributed by atoms with Crippen molar-refractivity contribution < 1.29 is 9.53 Å². The van der Waals surface area contributed by atoms with Crippen molar-refractivity contribution in [2.45, 2.75) is 26.0 Å². The Labute approximate surface area is 140 Å². The minimum absolute atomic E-state index is 0.00432. The van der Waals surface area contributed by atoms with Crippen molar-refractivity contribution in [3.8, 4) is 5.75 Å². The number of ether oxygens (including phenoxy) is 1. The van der Waals surface area contributed by atoms with Crippen LogP contribution in [0.15, 0.2) is 59.1 Å². The van der Waals surface area contributed by atoms with E-state index in [0.717, 1.165) is 10.0 Å². The minimum Gasteiger partial charge on any atom is -0.481 e. The average Bonchev–Trinajstić information content (AvgIpc) is 2.55. The van der Waals surface area contributed by atoms with Crippen molar-refractivity contribution in [3.63, 3.8) is 0 Å². The Morgan fingerprint density at radius 1 is 1.05 bits per heavy atom. The number of hydrogen-bond acceptors (Lipinski definition) is 2. The Morgan fingerprint density at radius 2 is 1.64 bits per heavy atom. The van der Waals surface area contributed by atoms with Gasteiger partial charge in [-0.05, 0) is 43.7 Å². The van der Waals surface area contributed by atoms with Gasteiger partial charge in [0.05, 0.1) is 6.04 Å². The van der Waals surface area contributed by atoms with Gasteiger partial charge in [0.15, 0.2) is 6.10 Å². The summed E-state index contributed by atoms with van der Waals surface area (Å²) in [5, 5.41) is 0. The molecule has 0 aromatic heterocycles. The summed E-state index contributed by atoms with van der Waals surface area (Å²) >= 11 is 3.38. The zero-order valence-corrected chi connectivity index (χ0v) is 14.6. The van der Waals surface area contributed by atoms with Gasteiger partial charge in [-0.3, -0.25) is 4.79 Å². The lowest BCUT2D eigenvalue weighted by molar-refractivity contribution is -0.138. The van der Waals surface area contributed by atoms with Gasteiger partial charge >= 0.3 is 0 Å². The summed E-state index contributed by atoms with van der Waals surface area (Å²) < 4.78 is 6.71. The lowest BCUT2D eigenvalue weighted by Gasteiger charge is -2.28. The zero-order valence-electron chi connectivity index (χ0n) is 13.0. The van der Waals surface area contributed by atoms with Crippen molar-refractivity contribution in [2.75, 3.05) is 7.05 Å². The normalized spacial score (nSPS) is 13.3. The molecule has 2 unspecified atom stereocenters. The van der Waals surface area contributed by atoms with Crippen LogP contribution in [0.4, 0.5) is 0 Å². The van der Waals surface area contributed by atoms with E-state index in [0.29, 0.717) is 5.75 Å². The molecule has 0 aliphatic carbocycles. The van der Waals surface area contributed by atoms with Gasteiger partial charge in [0.25, 0.3) is 5.91 Å². The topological polar surface area (TPSA) is 29.5 Å². The molecule has 0 saturated carbocycles. The van der Waals surface area contributed by atoms with Gasteiger partial charge in [0, 0.05) is 11.5 Å². The highest BCUT2D eigenvalue weighted by Crippen LogP contribution is 2.21. The fourth-order valence-corrected chi connectivity index (χ4v) is 2.46. The summed E-state index contributed by atoms with van der Waals surface area (Å²) in [7, 11) is 1.81. The van der Waals surface area contributed by atoms with Gasteiger partial charge in [-0.1, -0.05) is 46.3 Å². The number of likely N-dealkylation sites (N-methyl/N-ethyl adjacent to an activating group) is 1. The molecule has 0 spiro atoms. The van der Waals surface area contributed by atoms with E-state index in [2.05, 4.69) is 15.9 Å². The summed E-state index contributed by atoms with van der Waals surface area (Å²) in [4.78, 5) is 14.2. The van der Waals surface area contributed by atoms with Crippen molar-refractivity contribution in [1.29, 1.82) is 0 Å². The molecule has 2 rings (SSSR count). The van der Waals surface area contributed by atoms with Crippen LogP contribution in [-0.2, 0) is 4.79 Å². The number of hydrogen-bond donors (Lipinski definition) is 0. The summed E-state index contributed by atoms with van der Waals surface area (Å²) in [6, 6.07) is 17.4. The summed E-state index contributed by atoms with van der Waals surface area (Å²) in [5.74, 6) is 0.643. The predicted molar refractivity (Wildman–Crippen MR) is 91.9 cm³/mol. The summed E-state index contributed by atoms with van der Waals surface area (Å²) in [5.41, 5.74) is 1.11. The quantitative estimate of drug-likeness (QED) is 0.787. The third-order valence-corrected chi connectivity index (χ3v) is 4.21. The Hall–Kier alpha value is -1.81. The Balaban J connectivity index is 2.01. The van der Waals surface area contributed by atoms with Crippen LogP contribution in [0, 0.1) is 0 Å². The second kappa shape index (κ2) is 7.45. The molecular weight excluding hydrogens is 342 g/mol. The Bertz CT molecular complexity index is 613. The molecule has 2 atom stereocenters. The van der Waals surface area contributed by atoms with Crippen LogP contribution in [0.3, 0.4) is 0 Å². The number of carbonyl (C=O) groups is 1. The first-order valence-corrected chi connectivity index (χ1v) is 8.02. The van der Waals surface area contributed by atoms with E-state index in [4.69, 9.17) is 4.74 Å². The molecule has 22 heavy (non-hydrogen) atoms. The second-order valence-electron chi connectivity index (χ2n) is 5.25. The Morgan fingerprint density at radius 3 is 2.23 bits per heavy atom. The lowest BCUT2D eigenvalue weighted by Crippen LogP contribution is -2.39. The van der Waals surface area contributed by atoms with Crippen molar-refractivity contribution in [1.82, 2.24) is 4.90 Å². The predicted octanol–water partition coefficient (Wildman–Crippen LogP) is 4.44. The van der Waals surface area contributed by atoms with E-state index < -0.39 is 6.10 Å². The lowest BCUT2D eigenvalue weighted by atomic mass is 10.1. The van der Waals surface area contributed by atoms with Crippen LogP contribution in [0.1, 0.15) is 25.5 Å². The first-order chi connectivity index (χ1) is 10.5. The highest BCUT2D eigenvalue weighted by Gasteiger charge is 2.23. The summed E-state index contributed by atoms with van der Waals surface area (Å²) in [6.45, 7) is 3.79. The van der Waals surface area contributed by atoms with Crippen LogP contribution in [0.2, 0.25) is 0 Å². The van der Waals surface area contributed by atoms with Gasteiger partial charge in [-0.15, -0.1) is 0 Å². The molecule has 1 amide bonds. The number of nitrogens with zero attached hydrogens (tertiary/aromatic N) is 1. The molecular formula is C18H20BrNO2. The molecule has 3 nitrogen and oxygen atoms in total. The molecule has 0 fully saturated rings. The molecule has 0 radical (unpaired) electrons. The first-order valence-electron chi connectivity index (χ1n) is 7.23. The third kappa shape index (κ3) is 4.10. The van der Waals surface area contributed by atoms with Gasteiger partial charge in [-0.25, -0.2) is 0 Å². The highest BCUT2D eigenvalue weighted by atomic mass is 79.9. The SMILES string of the molecule is CC(Oc1ccc(Br)cc1)C(=O)N(C)C(C)c1ccccc1. The van der Waals surface area contributed by atoms with E-state index >= 15 is 0 Å². The average molecular weight is 362 g/mol. The third-order valence-electron chi connectivity index (χ3n) is 3.68. The first kappa shape index (κ1) is 16.6. The standard InChI is InChI=1S/C18H20BrNO2/c1-13(15-7-5-4-6-8-15)20(3)18(21)14(2)22-17-11-9-16(19)10-12-17/h4-14H,1-3H3. The van der Waals surface area contributed by atoms with Crippen molar-refractivity contribution >= 4 is 21.8 Å². The number of benzene rings is 2. The van der Waals surface area contributed by atoms with Gasteiger partial charge < -0.3 is 9.64 Å². The molecule has 0 heterocycles. The fourth-order valence-electron chi connectivity index (χ4n) is 2.20. The fraction of sp³-hybridized carbons (Fsp3) is 0.278. The maximum Gasteiger partial charge on any atom is 0.263 e. The minimum atomic E-state index is -0.530. The number of rotatable bonds is 5. The maximum atomic E-state index is 12.5. The van der Waals surface area contributed by atoms with Crippen LogP contribution < -0.4 is 4.74 Å². The summed E-state index contributed by atoms with van der Waals surface area (Å²) in [6.07, 6.45) is -0.530. The van der Waals surface area contributed by atoms with E-state index in [1.165, 1.54) is 0 Å². The number of carbonyl (C=O) groups excluding carboxylic acids is 1. The molecule has 116 valence electrons. The van der Waals surface area contributed by atoms with Crippen LogP contribution >= 0.6 is 15.9 Å². The monoisotopic (exact) mass is 361 g/mol. The number of halogens is 1. The maximum absolute atomic E-state index is 12.5. The van der Waals surface area contributed by atoms with E-state index in [9.17, 15) is 4.79 Å². The second-order valence-corrected chi connectivity index (χ2v) is 6.17. The molecule has 2 aromatic rings. The Kier molecular flexibility index (Phi) is 5.61. The molecule has 4 heteroatoms. The highest BCUT2D eigenvalue weighted by molar-refractivity contribution is 9.10. The molecule has 0 aliphatic heterocycles. The van der Waals surface area contributed by atoms with Crippen LogP contribution in [0.25, 0.3) is 0 Å².